The van der Waals surface area contributed by atoms with E-state index in [1.165, 1.54) is 7.11 Å². The van der Waals surface area contributed by atoms with Crippen LogP contribution in [0.3, 0.4) is 0 Å². The van der Waals surface area contributed by atoms with Gasteiger partial charge in [0.15, 0.2) is 5.58 Å². The Labute approximate surface area is 127 Å². The number of fused-ring (bicyclic) bond motifs is 1. The van der Waals surface area contributed by atoms with Gasteiger partial charge >= 0.3 is 0 Å². The van der Waals surface area contributed by atoms with E-state index in [1.807, 2.05) is 6.07 Å². The molecule has 0 amide bonds. The third kappa shape index (κ3) is 2.89. The topological polar surface area (TPSA) is 81.4 Å². The smallest absolute Gasteiger partial charge is 0.238 e. The van der Waals surface area contributed by atoms with Crippen LogP contribution in [0.25, 0.3) is 11.0 Å². The van der Waals surface area contributed by atoms with Crippen LogP contribution in [0.2, 0.25) is 0 Å². The summed E-state index contributed by atoms with van der Waals surface area (Å²) in [5.41, 5.74) is 1.32. The molecule has 0 aliphatic rings. The summed E-state index contributed by atoms with van der Waals surface area (Å²) in [5, 5.41) is 4.53. The molecule has 0 radical (unpaired) electrons. The van der Waals surface area contributed by atoms with Gasteiger partial charge in [0.1, 0.15) is 17.2 Å². The van der Waals surface area contributed by atoms with Crippen LogP contribution < -0.4 is 9.46 Å². The van der Waals surface area contributed by atoms with Gasteiger partial charge in [0, 0.05) is 5.39 Å². The summed E-state index contributed by atoms with van der Waals surface area (Å²) in [5.74, 6) is 0.179. The Kier molecular flexibility index (Phi) is 3.72. The molecule has 22 heavy (non-hydrogen) atoms. The summed E-state index contributed by atoms with van der Waals surface area (Å²) in [4.78, 5) is 0. The average Bonchev–Trinajstić information content (AvgIpc) is 2.90. The number of aromatic nitrogens is 1. The van der Waals surface area contributed by atoms with Crippen molar-refractivity contribution in [3.05, 3.63) is 54.2 Å². The third-order valence-electron chi connectivity index (χ3n) is 3.15. The molecule has 0 unspecified atom stereocenters. The average molecular weight is 318 g/mol. The van der Waals surface area contributed by atoms with Crippen LogP contribution in [-0.4, -0.2) is 20.7 Å². The Morgan fingerprint density at radius 3 is 2.68 bits per heavy atom. The molecule has 1 heterocycles. The van der Waals surface area contributed by atoms with E-state index in [-0.39, 0.29) is 5.75 Å². The van der Waals surface area contributed by atoms with Crippen LogP contribution in [0, 0.1) is 0 Å². The Morgan fingerprint density at radius 1 is 1.14 bits per heavy atom. The van der Waals surface area contributed by atoms with E-state index in [9.17, 15) is 8.42 Å². The van der Waals surface area contributed by atoms with Crippen molar-refractivity contribution in [2.75, 3.05) is 11.8 Å². The molecule has 0 spiro atoms. The van der Waals surface area contributed by atoms with Gasteiger partial charge in [-0.25, -0.2) is 8.42 Å². The number of nitrogens with one attached hydrogen (secondary N) is 1. The summed E-state index contributed by atoms with van der Waals surface area (Å²) in [6.07, 6.45) is 0. The van der Waals surface area contributed by atoms with E-state index >= 15 is 0 Å². The highest BCUT2D eigenvalue weighted by Gasteiger charge is 2.18. The maximum absolute atomic E-state index is 12.3. The first kappa shape index (κ1) is 14.4. The minimum Gasteiger partial charge on any atom is -0.495 e. The molecule has 3 rings (SSSR count). The van der Waals surface area contributed by atoms with E-state index in [0.717, 1.165) is 0 Å². The van der Waals surface area contributed by atoms with Crippen molar-refractivity contribution in [1.82, 2.24) is 5.16 Å². The first-order valence-corrected chi connectivity index (χ1v) is 8.21. The van der Waals surface area contributed by atoms with Crippen molar-refractivity contribution < 1.29 is 17.7 Å². The maximum Gasteiger partial charge on any atom is 0.238 e. The lowest BCUT2D eigenvalue weighted by atomic mass is 10.2. The second-order valence-corrected chi connectivity index (χ2v) is 6.41. The maximum atomic E-state index is 12.3. The van der Waals surface area contributed by atoms with Gasteiger partial charge in [-0.15, -0.1) is 0 Å². The highest BCUT2D eigenvalue weighted by Crippen LogP contribution is 2.26. The van der Waals surface area contributed by atoms with Gasteiger partial charge in [0.05, 0.1) is 12.8 Å². The van der Waals surface area contributed by atoms with Crippen molar-refractivity contribution in [2.45, 2.75) is 5.75 Å². The predicted molar refractivity (Wildman–Crippen MR) is 83.2 cm³/mol. The monoisotopic (exact) mass is 318 g/mol. The molecular formula is C15H14N2O4S. The zero-order valence-corrected chi connectivity index (χ0v) is 12.6. The van der Waals surface area contributed by atoms with E-state index in [1.54, 1.807) is 42.5 Å². The zero-order valence-electron chi connectivity index (χ0n) is 11.8. The number of anilines is 1. The number of ether oxygens (including phenoxy) is 1. The van der Waals surface area contributed by atoms with Crippen molar-refractivity contribution in [3.63, 3.8) is 0 Å². The molecule has 1 N–H and O–H groups in total. The fraction of sp³-hybridized carbons (Fsp3) is 0.133. The molecule has 114 valence electrons. The summed E-state index contributed by atoms with van der Waals surface area (Å²) in [6.45, 7) is 0. The first-order valence-electron chi connectivity index (χ1n) is 6.56. The van der Waals surface area contributed by atoms with Crippen LogP contribution in [0.1, 0.15) is 5.69 Å². The lowest BCUT2D eigenvalue weighted by Gasteiger charge is -2.10. The van der Waals surface area contributed by atoms with Crippen LogP contribution in [0.4, 0.5) is 5.69 Å². The van der Waals surface area contributed by atoms with E-state index in [0.29, 0.717) is 28.1 Å². The molecule has 0 bridgehead atoms. The molecule has 6 nitrogen and oxygen atoms in total. The van der Waals surface area contributed by atoms with Crippen LogP contribution in [-0.2, 0) is 15.8 Å². The molecule has 1 aromatic heterocycles. The largest absolute Gasteiger partial charge is 0.495 e. The van der Waals surface area contributed by atoms with Gasteiger partial charge < -0.3 is 9.26 Å². The first-order chi connectivity index (χ1) is 10.6. The second-order valence-electron chi connectivity index (χ2n) is 4.69. The zero-order chi connectivity index (χ0) is 15.6. The fourth-order valence-corrected chi connectivity index (χ4v) is 3.30. The Bertz CT molecular complexity index is 903. The molecule has 0 atom stereocenters. The number of nitrogens with zero attached hydrogens (tertiary/aromatic N) is 1. The molecular weight excluding hydrogens is 304 g/mol. The molecule has 0 aliphatic carbocycles. The minimum atomic E-state index is -3.63. The number of sulfonamides is 1. The summed E-state index contributed by atoms with van der Waals surface area (Å²) < 4.78 is 37.4. The molecule has 2 aromatic carbocycles. The Morgan fingerprint density at radius 2 is 1.86 bits per heavy atom. The number of benzene rings is 2. The normalized spacial score (nSPS) is 11.5. The van der Waals surface area contributed by atoms with Crippen LogP contribution in [0.15, 0.2) is 53.1 Å². The lowest BCUT2D eigenvalue weighted by molar-refractivity contribution is 0.417. The van der Waals surface area contributed by atoms with E-state index in [4.69, 9.17) is 9.26 Å². The van der Waals surface area contributed by atoms with Gasteiger partial charge in [-0.1, -0.05) is 29.4 Å². The number of hydrogen-bond acceptors (Lipinski definition) is 5. The number of para-hydroxylation sites is 3. The highest BCUT2D eigenvalue weighted by molar-refractivity contribution is 7.91. The summed E-state index contributed by atoms with van der Waals surface area (Å²) >= 11 is 0. The quantitative estimate of drug-likeness (QED) is 0.782. The highest BCUT2D eigenvalue weighted by atomic mass is 32.2. The predicted octanol–water partition coefficient (Wildman–Crippen LogP) is 2.78. The second kappa shape index (κ2) is 5.69. The fourth-order valence-electron chi connectivity index (χ4n) is 2.15. The molecule has 7 heteroatoms. The van der Waals surface area contributed by atoms with E-state index in [2.05, 4.69) is 9.88 Å². The molecule has 0 saturated carbocycles. The van der Waals surface area contributed by atoms with Gasteiger partial charge in [0.25, 0.3) is 0 Å². The number of rotatable bonds is 5. The summed E-state index contributed by atoms with van der Waals surface area (Å²) in [7, 11) is -2.15. The van der Waals surface area contributed by atoms with Crippen molar-refractivity contribution in [3.8, 4) is 5.75 Å². The van der Waals surface area contributed by atoms with E-state index < -0.39 is 10.0 Å². The summed E-state index contributed by atoms with van der Waals surface area (Å²) in [6, 6.07) is 13.9. The van der Waals surface area contributed by atoms with Gasteiger partial charge in [0.2, 0.25) is 10.0 Å². The standard InChI is InChI=1S/C15H14N2O4S/c1-20-15-9-5-3-7-12(15)17-22(18,19)10-13-11-6-2-4-8-14(11)21-16-13/h2-9,17H,10H2,1H3. The lowest BCUT2D eigenvalue weighted by Crippen LogP contribution is -2.16. The molecule has 0 saturated heterocycles. The Balaban J connectivity index is 1.88. The molecule has 0 fully saturated rings. The van der Waals surface area contributed by atoms with Crippen molar-refractivity contribution in [1.29, 1.82) is 0 Å². The SMILES string of the molecule is COc1ccccc1NS(=O)(=O)Cc1noc2ccccc12. The molecule has 3 aromatic rings. The number of methoxy groups -OCH3 is 1. The van der Waals surface area contributed by atoms with Crippen LogP contribution >= 0.6 is 0 Å². The Hall–Kier alpha value is -2.54. The minimum absolute atomic E-state index is 0.276. The van der Waals surface area contributed by atoms with Gasteiger partial charge in [-0.3, -0.25) is 4.72 Å². The van der Waals surface area contributed by atoms with Crippen LogP contribution in [0.5, 0.6) is 5.75 Å². The van der Waals surface area contributed by atoms with Gasteiger partial charge in [-0.2, -0.15) is 0 Å². The molecule has 0 aliphatic heterocycles. The number of hydrogen-bond donors (Lipinski definition) is 1. The van der Waals surface area contributed by atoms with Crippen molar-refractivity contribution >= 4 is 26.7 Å². The van der Waals surface area contributed by atoms with Gasteiger partial charge in [-0.05, 0) is 24.3 Å². The van der Waals surface area contributed by atoms with Crippen molar-refractivity contribution in [2.24, 2.45) is 0 Å². The third-order valence-corrected chi connectivity index (χ3v) is 4.34.